The molecule has 3 N–H and O–H groups in total. The van der Waals surface area contributed by atoms with Gasteiger partial charge in [0.2, 0.25) is 0 Å². The number of carbonyl (C=O) groups excluding carboxylic acids is 2. The number of nitrogens with zero attached hydrogens (tertiary/aromatic N) is 3. The Morgan fingerprint density at radius 3 is 2.52 bits per heavy atom. The average molecular weight is 386 g/mol. The molecule has 140 valence electrons. The molecule has 3 aromatic heterocycles. The van der Waals surface area contributed by atoms with Crippen LogP contribution >= 0.6 is 11.3 Å². The standard InChI is InChI=1S/C17H18N6O3S/c1-8-9(2)22-23(4)17(26)12(8)16-19-10(3)13(27-16)15(25)21-20-14(24)11-6-5-7-18-11/h5-7,18H,1-4H3,(H,20,24)(H,21,25). The maximum Gasteiger partial charge on any atom is 0.286 e. The number of amides is 2. The number of aromatic amines is 1. The molecule has 0 aliphatic heterocycles. The highest BCUT2D eigenvalue weighted by atomic mass is 32.1. The molecule has 0 fully saturated rings. The Bertz CT molecular complexity index is 1080. The molecule has 27 heavy (non-hydrogen) atoms. The summed E-state index contributed by atoms with van der Waals surface area (Å²) >= 11 is 1.09. The third-order valence-corrected chi connectivity index (χ3v) is 5.25. The first-order valence-corrected chi connectivity index (χ1v) is 8.87. The summed E-state index contributed by atoms with van der Waals surface area (Å²) in [5, 5.41) is 4.59. The van der Waals surface area contributed by atoms with Crippen molar-refractivity contribution in [2.45, 2.75) is 20.8 Å². The highest BCUT2D eigenvalue weighted by Gasteiger charge is 2.21. The summed E-state index contributed by atoms with van der Waals surface area (Å²) in [5.41, 5.74) is 7.07. The van der Waals surface area contributed by atoms with Crippen LogP contribution in [-0.4, -0.2) is 31.6 Å². The van der Waals surface area contributed by atoms with Crippen LogP contribution in [0.3, 0.4) is 0 Å². The van der Waals surface area contributed by atoms with Crippen LogP contribution in [0.5, 0.6) is 0 Å². The number of aromatic nitrogens is 4. The number of hydrogen-bond donors (Lipinski definition) is 3. The maximum absolute atomic E-state index is 12.5. The molecule has 0 atom stereocenters. The summed E-state index contributed by atoms with van der Waals surface area (Å²) in [6.07, 6.45) is 1.61. The molecule has 3 heterocycles. The molecule has 3 aromatic rings. The second-order valence-corrected chi connectivity index (χ2v) is 6.94. The van der Waals surface area contributed by atoms with Crippen molar-refractivity contribution in [2.24, 2.45) is 7.05 Å². The summed E-state index contributed by atoms with van der Waals surface area (Å²) < 4.78 is 1.25. The third kappa shape index (κ3) is 3.51. The quantitative estimate of drug-likeness (QED) is 0.585. The topological polar surface area (TPSA) is 122 Å². The lowest BCUT2D eigenvalue weighted by Crippen LogP contribution is -2.41. The second-order valence-electron chi connectivity index (χ2n) is 5.94. The Hall–Kier alpha value is -3.27. The number of aryl methyl sites for hydroxylation is 3. The number of nitrogens with one attached hydrogen (secondary N) is 3. The van der Waals surface area contributed by atoms with Gasteiger partial charge in [-0.1, -0.05) is 0 Å². The van der Waals surface area contributed by atoms with Crippen LogP contribution in [0.25, 0.3) is 10.6 Å². The van der Waals surface area contributed by atoms with Crippen LogP contribution in [0.1, 0.15) is 37.1 Å². The summed E-state index contributed by atoms with van der Waals surface area (Å²) in [6.45, 7) is 5.28. The van der Waals surface area contributed by atoms with Gasteiger partial charge in [0.15, 0.2) is 0 Å². The molecule has 9 nitrogen and oxygen atoms in total. The summed E-state index contributed by atoms with van der Waals surface area (Å²) in [7, 11) is 1.57. The van der Waals surface area contributed by atoms with Gasteiger partial charge in [0, 0.05) is 13.2 Å². The minimum absolute atomic E-state index is 0.279. The first-order valence-electron chi connectivity index (χ1n) is 8.06. The van der Waals surface area contributed by atoms with E-state index in [9.17, 15) is 14.4 Å². The minimum atomic E-state index is -0.503. The molecule has 0 bridgehead atoms. The molecule has 0 aliphatic carbocycles. The van der Waals surface area contributed by atoms with Gasteiger partial charge in [-0.3, -0.25) is 25.2 Å². The van der Waals surface area contributed by atoms with Gasteiger partial charge < -0.3 is 4.98 Å². The fourth-order valence-corrected chi connectivity index (χ4v) is 3.58. The molecule has 0 unspecified atom stereocenters. The minimum Gasteiger partial charge on any atom is -0.357 e. The predicted molar refractivity (Wildman–Crippen MR) is 101 cm³/mol. The fourth-order valence-electron chi connectivity index (χ4n) is 2.52. The van der Waals surface area contributed by atoms with Crippen molar-refractivity contribution in [1.82, 2.24) is 30.6 Å². The lowest BCUT2D eigenvalue weighted by Gasteiger charge is -2.07. The molecule has 0 saturated carbocycles. The zero-order chi connectivity index (χ0) is 19.7. The number of H-pyrrole nitrogens is 1. The van der Waals surface area contributed by atoms with Crippen molar-refractivity contribution >= 4 is 23.2 Å². The van der Waals surface area contributed by atoms with Gasteiger partial charge in [0.05, 0.1) is 17.0 Å². The van der Waals surface area contributed by atoms with Crippen LogP contribution < -0.4 is 16.4 Å². The van der Waals surface area contributed by atoms with Crippen molar-refractivity contribution < 1.29 is 9.59 Å². The lowest BCUT2D eigenvalue weighted by molar-refractivity contribution is 0.0846. The summed E-state index contributed by atoms with van der Waals surface area (Å²) in [6, 6.07) is 3.26. The van der Waals surface area contributed by atoms with Crippen molar-refractivity contribution in [2.75, 3.05) is 0 Å². The van der Waals surface area contributed by atoms with Gasteiger partial charge in [-0.05, 0) is 38.5 Å². The Kier molecular flexibility index (Phi) is 4.91. The van der Waals surface area contributed by atoms with Crippen LogP contribution in [0, 0.1) is 20.8 Å². The largest absolute Gasteiger partial charge is 0.357 e. The van der Waals surface area contributed by atoms with Crippen molar-refractivity contribution in [1.29, 1.82) is 0 Å². The van der Waals surface area contributed by atoms with E-state index in [1.807, 2.05) is 6.92 Å². The Balaban J connectivity index is 1.86. The lowest BCUT2D eigenvalue weighted by atomic mass is 10.1. The fraction of sp³-hybridized carbons (Fsp3) is 0.235. The van der Waals surface area contributed by atoms with Crippen LogP contribution in [-0.2, 0) is 7.05 Å². The monoisotopic (exact) mass is 386 g/mol. The van der Waals surface area contributed by atoms with Gasteiger partial charge >= 0.3 is 0 Å². The van der Waals surface area contributed by atoms with Gasteiger partial charge in [-0.15, -0.1) is 11.3 Å². The first kappa shape index (κ1) is 18.5. The van der Waals surface area contributed by atoms with Crippen LogP contribution in [0.2, 0.25) is 0 Å². The van der Waals surface area contributed by atoms with Crippen molar-refractivity contribution in [3.05, 3.63) is 56.2 Å². The van der Waals surface area contributed by atoms with Gasteiger partial charge in [0.1, 0.15) is 15.6 Å². The molecule has 3 rings (SSSR count). The van der Waals surface area contributed by atoms with E-state index in [2.05, 4.69) is 25.9 Å². The zero-order valence-electron chi connectivity index (χ0n) is 15.2. The maximum atomic E-state index is 12.5. The van der Waals surface area contributed by atoms with E-state index in [-0.39, 0.29) is 5.56 Å². The number of hydrazine groups is 1. The molecule has 0 aliphatic rings. The molecule has 0 saturated heterocycles. The van der Waals surface area contributed by atoms with Crippen LogP contribution in [0.15, 0.2) is 23.1 Å². The molecule has 10 heteroatoms. The second kappa shape index (κ2) is 7.16. The first-order chi connectivity index (χ1) is 12.8. The van der Waals surface area contributed by atoms with Gasteiger partial charge in [0.25, 0.3) is 17.4 Å². The highest BCUT2D eigenvalue weighted by Crippen LogP contribution is 2.28. The Morgan fingerprint density at radius 2 is 1.85 bits per heavy atom. The normalized spacial score (nSPS) is 10.7. The summed E-state index contributed by atoms with van der Waals surface area (Å²) in [5.74, 6) is -0.971. The van der Waals surface area contributed by atoms with E-state index in [4.69, 9.17) is 0 Å². The molecule has 2 amide bonds. The Labute approximate surface area is 158 Å². The number of carbonyl (C=O) groups is 2. The molecular weight excluding hydrogens is 368 g/mol. The average Bonchev–Trinajstić information content (AvgIpc) is 3.28. The van der Waals surface area contributed by atoms with Gasteiger partial charge in [-0.25, -0.2) is 9.67 Å². The SMILES string of the molecule is Cc1nc(-c2c(C)c(C)nn(C)c2=O)sc1C(=O)NNC(=O)c1ccc[nH]1. The van der Waals surface area contributed by atoms with E-state index in [0.717, 1.165) is 16.9 Å². The zero-order valence-corrected chi connectivity index (χ0v) is 16.0. The molecule has 0 aromatic carbocycles. The number of hydrogen-bond acceptors (Lipinski definition) is 6. The third-order valence-electron chi connectivity index (χ3n) is 4.07. The smallest absolute Gasteiger partial charge is 0.286 e. The summed E-state index contributed by atoms with van der Waals surface area (Å²) in [4.78, 5) is 44.2. The number of rotatable bonds is 3. The van der Waals surface area contributed by atoms with E-state index in [0.29, 0.717) is 32.5 Å². The predicted octanol–water partition coefficient (Wildman–Crippen LogP) is 1.23. The molecule has 0 radical (unpaired) electrons. The van der Waals surface area contributed by atoms with Crippen LogP contribution in [0.4, 0.5) is 0 Å². The van der Waals surface area contributed by atoms with E-state index < -0.39 is 11.8 Å². The highest BCUT2D eigenvalue weighted by molar-refractivity contribution is 7.17. The number of thiazole rings is 1. The molecular formula is C17H18N6O3S. The Morgan fingerprint density at radius 1 is 1.15 bits per heavy atom. The van der Waals surface area contributed by atoms with E-state index in [1.54, 1.807) is 39.2 Å². The van der Waals surface area contributed by atoms with Crippen molar-refractivity contribution in [3.63, 3.8) is 0 Å². The van der Waals surface area contributed by atoms with Crippen molar-refractivity contribution in [3.8, 4) is 10.6 Å². The van der Waals surface area contributed by atoms with E-state index in [1.165, 1.54) is 4.68 Å². The molecule has 0 spiro atoms. The van der Waals surface area contributed by atoms with Gasteiger partial charge in [-0.2, -0.15) is 5.10 Å². The van der Waals surface area contributed by atoms with E-state index >= 15 is 0 Å².